The lowest BCUT2D eigenvalue weighted by Gasteiger charge is -2.14. The van der Waals surface area contributed by atoms with Gasteiger partial charge in [-0.3, -0.25) is 0 Å². The van der Waals surface area contributed by atoms with E-state index in [-0.39, 0.29) is 18.3 Å². The molecule has 19 heavy (non-hydrogen) atoms. The summed E-state index contributed by atoms with van der Waals surface area (Å²) in [6, 6.07) is 6.66. The van der Waals surface area contributed by atoms with E-state index < -0.39 is 0 Å². The van der Waals surface area contributed by atoms with Gasteiger partial charge in [-0.25, -0.2) is 9.37 Å². The molecule has 0 amide bonds. The van der Waals surface area contributed by atoms with E-state index in [2.05, 4.69) is 4.98 Å². The van der Waals surface area contributed by atoms with Gasteiger partial charge in [0.05, 0.1) is 12.6 Å². The van der Waals surface area contributed by atoms with Crippen LogP contribution in [0.5, 0.6) is 5.88 Å². The number of hydrogen-bond acceptors (Lipinski definition) is 4. The molecule has 0 aliphatic carbocycles. The number of rotatable bonds is 5. The van der Waals surface area contributed by atoms with Gasteiger partial charge in [0.25, 0.3) is 0 Å². The maximum Gasteiger partial charge on any atom is 0.213 e. The molecule has 0 fully saturated rings. The summed E-state index contributed by atoms with van der Waals surface area (Å²) in [4.78, 5) is 4.29. The van der Waals surface area contributed by atoms with E-state index in [0.717, 1.165) is 5.39 Å². The summed E-state index contributed by atoms with van der Waals surface area (Å²) in [5.41, 5.74) is 6.59. The van der Waals surface area contributed by atoms with Gasteiger partial charge in [0, 0.05) is 23.6 Å². The Morgan fingerprint density at radius 2 is 2.11 bits per heavy atom. The third kappa shape index (κ3) is 2.83. The lowest BCUT2D eigenvalue weighted by molar-refractivity contribution is 0.229. The SMILES string of the molecule is COc1ccc2ccc(F)c(CC(CN)CO)c2n1. The van der Waals surface area contributed by atoms with Crippen LogP contribution in [0.1, 0.15) is 5.56 Å². The monoisotopic (exact) mass is 264 g/mol. The molecule has 0 saturated heterocycles. The number of methoxy groups -OCH3 is 1. The van der Waals surface area contributed by atoms with Crippen LogP contribution in [-0.2, 0) is 6.42 Å². The number of aromatic nitrogens is 1. The van der Waals surface area contributed by atoms with Crippen molar-refractivity contribution in [2.45, 2.75) is 6.42 Å². The predicted octanol–water partition coefficient (Wildman–Crippen LogP) is 1.49. The van der Waals surface area contributed by atoms with Crippen LogP contribution in [0.2, 0.25) is 0 Å². The number of aliphatic hydroxyl groups is 1. The van der Waals surface area contributed by atoms with Crippen molar-refractivity contribution in [3.63, 3.8) is 0 Å². The molecule has 102 valence electrons. The Labute approximate surface area is 111 Å². The number of benzene rings is 1. The van der Waals surface area contributed by atoms with Gasteiger partial charge in [-0.2, -0.15) is 0 Å². The molecule has 2 rings (SSSR count). The van der Waals surface area contributed by atoms with Crippen molar-refractivity contribution in [3.05, 3.63) is 35.6 Å². The first-order valence-electron chi connectivity index (χ1n) is 6.12. The number of halogens is 1. The standard InChI is InChI=1S/C14H17FN2O2/c1-19-13-5-3-10-2-4-12(15)11(14(10)17-13)6-9(7-16)8-18/h2-5,9,18H,6-8,16H2,1H3. The van der Waals surface area contributed by atoms with Gasteiger partial charge in [0.15, 0.2) is 0 Å². The lowest BCUT2D eigenvalue weighted by atomic mass is 9.97. The highest BCUT2D eigenvalue weighted by molar-refractivity contribution is 5.82. The van der Waals surface area contributed by atoms with Crippen molar-refractivity contribution in [1.29, 1.82) is 0 Å². The number of nitrogens with two attached hydrogens (primary N) is 1. The summed E-state index contributed by atoms with van der Waals surface area (Å²) in [5.74, 6) is -0.0686. The second kappa shape index (κ2) is 5.95. The Morgan fingerprint density at radius 3 is 2.74 bits per heavy atom. The zero-order valence-corrected chi connectivity index (χ0v) is 10.8. The Balaban J connectivity index is 2.52. The summed E-state index contributed by atoms with van der Waals surface area (Å²) in [7, 11) is 1.52. The smallest absolute Gasteiger partial charge is 0.213 e. The Bertz CT molecular complexity index is 571. The van der Waals surface area contributed by atoms with Gasteiger partial charge in [-0.05, 0) is 37.1 Å². The number of hydrogen-bond donors (Lipinski definition) is 2. The molecular formula is C14H17FN2O2. The molecular weight excluding hydrogens is 247 g/mol. The second-order valence-corrected chi connectivity index (χ2v) is 4.44. The summed E-state index contributed by atoms with van der Waals surface area (Å²) in [6.07, 6.45) is 0.357. The Morgan fingerprint density at radius 1 is 1.37 bits per heavy atom. The summed E-state index contributed by atoms with van der Waals surface area (Å²) < 4.78 is 19.1. The number of aliphatic hydroxyl groups excluding tert-OH is 1. The lowest BCUT2D eigenvalue weighted by Crippen LogP contribution is -2.21. The van der Waals surface area contributed by atoms with Gasteiger partial charge in [0.2, 0.25) is 5.88 Å². The first-order valence-corrected chi connectivity index (χ1v) is 6.12. The number of ether oxygens (including phenoxy) is 1. The molecule has 1 unspecified atom stereocenters. The van der Waals surface area contributed by atoms with E-state index in [9.17, 15) is 9.50 Å². The van der Waals surface area contributed by atoms with Gasteiger partial charge in [-0.1, -0.05) is 0 Å². The molecule has 0 aliphatic rings. The maximum absolute atomic E-state index is 14.0. The van der Waals surface area contributed by atoms with E-state index in [1.807, 2.05) is 6.07 Å². The van der Waals surface area contributed by atoms with Gasteiger partial charge in [-0.15, -0.1) is 0 Å². The molecule has 1 atom stereocenters. The van der Waals surface area contributed by atoms with Crippen molar-refractivity contribution in [2.75, 3.05) is 20.3 Å². The summed E-state index contributed by atoms with van der Waals surface area (Å²) in [5, 5.41) is 10.0. The number of pyridine rings is 1. The zero-order chi connectivity index (χ0) is 13.8. The quantitative estimate of drug-likeness (QED) is 0.858. The maximum atomic E-state index is 14.0. The molecule has 4 nitrogen and oxygen atoms in total. The van der Waals surface area contributed by atoms with Crippen molar-refractivity contribution >= 4 is 10.9 Å². The molecule has 2 aromatic rings. The molecule has 5 heteroatoms. The van der Waals surface area contributed by atoms with Crippen LogP contribution in [0.15, 0.2) is 24.3 Å². The number of fused-ring (bicyclic) bond motifs is 1. The summed E-state index contributed by atoms with van der Waals surface area (Å²) >= 11 is 0. The van der Waals surface area contributed by atoms with Crippen LogP contribution in [0.25, 0.3) is 10.9 Å². The molecule has 0 saturated carbocycles. The largest absolute Gasteiger partial charge is 0.481 e. The minimum absolute atomic E-state index is 0.0731. The minimum atomic E-state index is -0.333. The van der Waals surface area contributed by atoms with E-state index in [1.165, 1.54) is 13.2 Å². The predicted molar refractivity (Wildman–Crippen MR) is 71.6 cm³/mol. The fourth-order valence-electron chi connectivity index (χ4n) is 2.02. The Hall–Kier alpha value is -1.72. The van der Waals surface area contributed by atoms with Crippen molar-refractivity contribution < 1.29 is 14.2 Å². The first kappa shape index (κ1) is 13.7. The third-order valence-corrected chi connectivity index (χ3v) is 3.18. The average Bonchev–Trinajstić information content (AvgIpc) is 2.46. The van der Waals surface area contributed by atoms with Crippen LogP contribution in [-0.4, -0.2) is 30.4 Å². The van der Waals surface area contributed by atoms with Crippen LogP contribution >= 0.6 is 0 Å². The van der Waals surface area contributed by atoms with Crippen LogP contribution in [0, 0.1) is 11.7 Å². The van der Waals surface area contributed by atoms with Crippen molar-refractivity contribution in [1.82, 2.24) is 4.98 Å². The zero-order valence-electron chi connectivity index (χ0n) is 10.8. The van der Waals surface area contributed by atoms with Gasteiger partial charge < -0.3 is 15.6 Å². The van der Waals surface area contributed by atoms with Gasteiger partial charge in [0.1, 0.15) is 5.82 Å². The fourth-order valence-corrected chi connectivity index (χ4v) is 2.02. The molecule has 0 bridgehead atoms. The highest BCUT2D eigenvalue weighted by Gasteiger charge is 2.15. The Kier molecular flexibility index (Phi) is 4.29. The third-order valence-electron chi connectivity index (χ3n) is 3.18. The highest BCUT2D eigenvalue weighted by atomic mass is 19.1. The summed E-state index contributed by atoms with van der Waals surface area (Å²) in [6.45, 7) is 0.229. The molecule has 0 radical (unpaired) electrons. The molecule has 3 N–H and O–H groups in total. The molecule has 1 aromatic heterocycles. The van der Waals surface area contributed by atoms with Crippen LogP contribution in [0.3, 0.4) is 0 Å². The van der Waals surface area contributed by atoms with E-state index >= 15 is 0 Å². The molecule has 0 aliphatic heterocycles. The van der Waals surface area contributed by atoms with Crippen LogP contribution in [0.4, 0.5) is 4.39 Å². The van der Waals surface area contributed by atoms with E-state index in [1.54, 1.807) is 12.1 Å². The molecule has 1 heterocycles. The van der Waals surface area contributed by atoms with Crippen LogP contribution < -0.4 is 10.5 Å². The molecule has 1 aromatic carbocycles. The van der Waals surface area contributed by atoms with E-state index in [0.29, 0.717) is 29.9 Å². The highest BCUT2D eigenvalue weighted by Crippen LogP contribution is 2.24. The second-order valence-electron chi connectivity index (χ2n) is 4.44. The van der Waals surface area contributed by atoms with E-state index in [4.69, 9.17) is 10.5 Å². The van der Waals surface area contributed by atoms with Gasteiger partial charge >= 0.3 is 0 Å². The van der Waals surface area contributed by atoms with Crippen molar-refractivity contribution in [2.24, 2.45) is 11.7 Å². The first-order chi connectivity index (χ1) is 9.19. The topological polar surface area (TPSA) is 68.4 Å². The average molecular weight is 264 g/mol. The number of nitrogens with zero attached hydrogens (tertiary/aromatic N) is 1. The minimum Gasteiger partial charge on any atom is -0.481 e. The molecule has 0 spiro atoms. The fraction of sp³-hybridized carbons (Fsp3) is 0.357. The van der Waals surface area contributed by atoms with Crippen molar-refractivity contribution in [3.8, 4) is 5.88 Å². The normalized spacial score (nSPS) is 12.6.